The summed E-state index contributed by atoms with van der Waals surface area (Å²) >= 11 is 0. The first-order valence-corrected chi connectivity index (χ1v) is 3.94. The van der Waals surface area contributed by atoms with Crippen LogP contribution in [0.2, 0.25) is 0 Å². The quantitative estimate of drug-likeness (QED) is 0.551. The van der Waals surface area contributed by atoms with Crippen molar-refractivity contribution in [3.63, 3.8) is 0 Å². The minimum atomic E-state index is -0.107. The van der Waals surface area contributed by atoms with E-state index in [0.29, 0.717) is 5.92 Å². The Hall–Kier alpha value is -0.330. The Labute approximate surface area is 63.8 Å². The topological polar surface area (TPSA) is 17.1 Å². The third-order valence-corrected chi connectivity index (χ3v) is 1.69. The lowest BCUT2D eigenvalue weighted by Gasteiger charge is -2.17. The molecule has 0 amide bonds. The van der Waals surface area contributed by atoms with Crippen LogP contribution in [0.4, 0.5) is 0 Å². The fourth-order valence-corrected chi connectivity index (χ4v) is 0.720. The highest BCUT2D eigenvalue weighted by Crippen LogP contribution is 2.21. The monoisotopic (exact) mass is 142 g/mol. The first-order valence-electron chi connectivity index (χ1n) is 3.94. The van der Waals surface area contributed by atoms with Crippen molar-refractivity contribution in [2.45, 2.75) is 40.5 Å². The summed E-state index contributed by atoms with van der Waals surface area (Å²) in [6.45, 7) is 8.34. The van der Waals surface area contributed by atoms with Crippen molar-refractivity contribution in [2.75, 3.05) is 0 Å². The van der Waals surface area contributed by atoms with Crippen LogP contribution in [0, 0.1) is 11.3 Å². The van der Waals surface area contributed by atoms with Gasteiger partial charge in [-0.15, -0.1) is 0 Å². The van der Waals surface area contributed by atoms with E-state index in [1.165, 1.54) is 0 Å². The second-order valence-electron chi connectivity index (χ2n) is 4.04. The van der Waals surface area contributed by atoms with Gasteiger partial charge >= 0.3 is 0 Å². The maximum Gasteiger partial charge on any atom is 0.125 e. The molecule has 0 bridgehead atoms. The van der Waals surface area contributed by atoms with E-state index < -0.39 is 0 Å². The molecule has 0 heterocycles. The average Bonchev–Trinajstić information content (AvgIpc) is 1.85. The van der Waals surface area contributed by atoms with Crippen molar-refractivity contribution in [1.82, 2.24) is 0 Å². The molecular formula is C9H18O. The molecule has 0 aliphatic rings. The summed E-state index contributed by atoms with van der Waals surface area (Å²) in [6.07, 6.45) is 3.20. The lowest BCUT2D eigenvalue weighted by atomic mass is 9.87. The third kappa shape index (κ3) is 4.54. The fourth-order valence-electron chi connectivity index (χ4n) is 0.720. The first-order chi connectivity index (χ1) is 4.48. The van der Waals surface area contributed by atoms with Crippen molar-refractivity contribution in [3.8, 4) is 0 Å². The van der Waals surface area contributed by atoms with Gasteiger partial charge in [-0.1, -0.05) is 34.1 Å². The largest absolute Gasteiger partial charge is 0.303 e. The normalized spacial score (nSPS) is 12.1. The van der Waals surface area contributed by atoms with Gasteiger partial charge in [-0.25, -0.2) is 0 Å². The van der Waals surface area contributed by atoms with Crippen molar-refractivity contribution in [2.24, 2.45) is 11.3 Å². The van der Waals surface area contributed by atoms with Crippen LogP contribution >= 0.6 is 0 Å². The zero-order valence-corrected chi connectivity index (χ0v) is 7.48. The van der Waals surface area contributed by atoms with Gasteiger partial charge in [-0.05, 0) is 12.3 Å². The molecule has 0 spiro atoms. The van der Waals surface area contributed by atoms with E-state index >= 15 is 0 Å². The molecule has 0 atom stereocenters. The Morgan fingerprint density at radius 3 is 2.20 bits per heavy atom. The molecule has 1 nitrogen and oxygen atoms in total. The Bertz CT molecular complexity index is 103. The minimum absolute atomic E-state index is 0.107. The van der Waals surface area contributed by atoms with Gasteiger partial charge in [-0.3, -0.25) is 0 Å². The van der Waals surface area contributed by atoms with Gasteiger partial charge in [0, 0.05) is 5.41 Å². The van der Waals surface area contributed by atoms with Crippen molar-refractivity contribution in [3.05, 3.63) is 0 Å². The Balaban J connectivity index is 3.56. The van der Waals surface area contributed by atoms with Crippen LogP contribution in [0.15, 0.2) is 0 Å². The molecule has 0 fully saturated rings. The minimum Gasteiger partial charge on any atom is -0.303 e. The summed E-state index contributed by atoms with van der Waals surface area (Å²) in [7, 11) is 0. The standard InChI is InChI=1S/C9H18O/c1-8(2)5-6-9(3,4)7-10/h7-8H,5-6H2,1-4H3. The van der Waals surface area contributed by atoms with Gasteiger partial charge in [0.25, 0.3) is 0 Å². The van der Waals surface area contributed by atoms with E-state index in [-0.39, 0.29) is 5.41 Å². The van der Waals surface area contributed by atoms with Crippen LogP contribution in [-0.2, 0) is 4.79 Å². The fraction of sp³-hybridized carbons (Fsp3) is 0.889. The molecule has 0 aromatic carbocycles. The smallest absolute Gasteiger partial charge is 0.125 e. The number of rotatable bonds is 4. The molecule has 60 valence electrons. The molecule has 0 aromatic rings. The lowest BCUT2D eigenvalue weighted by molar-refractivity contribution is -0.115. The molecule has 0 rings (SSSR count). The molecule has 0 unspecified atom stereocenters. The van der Waals surface area contributed by atoms with Crippen LogP contribution in [0.5, 0.6) is 0 Å². The summed E-state index contributed by atoms with van der Waals surface area (Å²) < 4.78 is 0. The molecule has 0 N–H and O–H groups in total. The highest BCUT2D eigenvalue weighted by molar-refractivity contribution is 5.57. The molecule has 0 aliphatic carbocycles. The molecule has 1 heteroatoms. The zero-order chi connectivity index (χ0) is 8.20. The van der Waals surface area contributed by atoms with E-state index in [1.807, 2.05) is 13.8 Å². The highest BCUT2D eigenvalue weighted by atomic mass is 16.1. The van der Waals surface area contributed by atoms with Gasteiger partial charge in [0.15, 0.2) is 0 Å². The second-order valence-corrected chi connectivity index (χ2v) is 4.04. The summed E-state index contributed by atoms with van der Waals surface area (Å²) in [5, 5.41) is 0. The number of aldehydes is 1. The van der Waals surface area contributed by atoms with Gasteiger partial charge in [0.1, 0.15) is 6.29 Å². The van der Waals surface area contributed by atoms with Crippen LogP contribution in [0.3, 0.4) is 0 Å². The summed E-state index contributed by atoms with van der Waals surface area (Å²) in [5.74, 6) is 0.708. The van der Waals surface area contributed by atoms with E-state index in [2.05, 4.69) is 13.8 Å². The number of hydrogen-bond donors (Lipinski definition) is 0. The Morgan fingerprint density at radius 2 is 1.90 bits per heavy atom. The molecule has 0 radical (unpaired) electrons. The molecule has 0 aliphatic heterocycles. The number of hydrogen-bond acceptors (Lipinski definition) is 1. The van der Waals surface area contributed by atoms with Crippen molar-refractivity contribution >= 4 is 6.29 Å². The summed E-state index contributed by atoms with van der Waals surface area (Å²) in [4.78, 5) is 10.4. The first kappa shape index (κ1) is 9.67. The highest BCUT2D eigenvalue weighted by Gasteiger charge is 2.15. The second kappa shape index (κ2) is 3.75. The van der Waals surface area contributed by atoms with Crippen LogP contribution < -0.4 is 0 Å². The van der Waals surface area contributed by atoms with Gasteiger partial charge < -0.3 is 4.79 Å². The van der Waals surface area contributed by atoms with E-state index in [0.717, 1.165) is 19.1 Å². The summed E-state index contributed by atoms with van der Waals surface area (Å²) in [6, 6.07) is 0. The molecule has 0 aromatic heterocycles. The van der Waals surface area contributed by atoms with Crippen LogP contribution in [-0.4, -0.2) is 6.29 Å². The van der Waals surface area contributed by atoms with E-state index in [4.69, 9.17) is 0 Å². The molecule has 0 saturated heterocycles. The molecular weight excluding hydrogens is 124 g/mol. The van der Waals surface area contributed by atoms with E-state index in [1.54, 1.807) is 0 Å². The Kier molecular flexibility index (Phi) is 3.62. The number of carbonyl (C=O) groups excluding carboxylic acids is 1. The zero-order valence-electron chi connectivity index (χ0n) is 7.48. The Morgan fingerprint density at radius 1 is 1.40 bits per heavy atom. The SMILES string of the molecule is CC(C)CCC(C)(C)C=O. The lowest BCUT2D eigenvalue weighted by Crippen LogP contribution is -2.13. The predicted octanol–water partition coefficient (Wildman–Crippen LogP) is 2.65. The van der Waals surface area contributed by atoms with Gasteiger partial charge in [0.05, 0.1) is 0 Å². The maximum absolute atomic E-state index is 10.4. The number of carbonyl (C=O) groups is 1. The van der Waals surface area contributed by atoms with Crippen LogP contribution in [0.1, 0.15) is 40.5 Å². The summed E-state index contributed by atoms with van der Waals surface area (Å²) in [5.41, 5.74) is -0.107. The maximum atomic E-state index is 10.4. The predicted molar refractivity (Wildman–Crippen MR) is 43.9 cm³/mol. The third-order valence-electron chi connectivity index (χ3n) is 1.69. The molecule has 10 heavy (non-hydrogen) atoms. The average molecular weight is 142 g/mol. The van der Waals surface area contributed by atoms with Crippen molar-refractivity contribution in [1.29, 1.82) is 0 Å². The van der Waals surface area contributed by atoms with Gasteiger partial charge in [0.2, 0.25) is 0 Å². The van der Waals surface area contributed by atoms with E-state index in [9.17, 15) is 4.79 Å². The van der Waals surface area contributed by atoms with Crippen LogP contribution in [0.25, 0.3) is 0 Å². The molecule has 0 saturated carbocycles. The van der Waals surface area contributed by atoms with Gasteiger partial charge in [-0.2, -0.15) is 0 Å². The van der Waals surface area contributed by atoms with Crippen molar-refractivity contribution < 1.29 is 4.79 Å².